The van der Waals surface area contributed by atoms with Gasteiger partial charge in [-0.3, -0.25) is 4.79 Å². The van der Waals surface area contributed by atoms with Gasteiger partial charge in [-0.25, -0.2) is 4.79 Å². The van der Waals surface area contributed by atoms with Gasteiger partial charge < -0.3 is 19.3 Å². The first-order valence-electron chi connectivity index (χ1n) is 8.77. The third kappa shape index (κ3) is 4.66. The molecule has 27 heavy (non-hydrogen) atoms. The maximum Gasteiger partial charge on any atom is 0.342 e. The lowest BCUT2D eigenvalue weighted by atomic mass is 9.94. The smallest absolute Gasteiger partial charge is 0.342 e. The molecule has 146 valence electrons. The van der Waals surface area contributed by atoms with Gasteiger partial charge in [0.2, 0.25) is 0 Å². The minimum absolute atomic E-state index is 0.0677. The van der Waals surface area contributed by atoms with Gasteiger partial charge in [0.25, 0.3) is 0 Å². The van der Waals surface area contributed by atoms with Crippen LogP contribution in [0.1, 0.15) is 60.2 Å². The number of hydrogen-bond donors (Lipinski definition) is 1. The Labute approximate surface area is 164 Å². The molecule has 0 radical (unpaired) electrons. The van der Waals surface area contributed by atoms with E-state index in [2.05, 4.69) is 0 Å². The molecule has 0 atom stereocenters. The number of benzene rings is 1. The fourth-order valence-electron chi connectivity index (χ4n) is 2.99. The van der Waals surface area contributed by atoms with Crippen LogP contribution in [0.4, 0.5) is 0 Å². The molecule has 2 rings (SSSR count). The van der Waals surface area contributed by atoms with Crippen LogP contribution in [0.3, 0.4) is 0 Å². The highest BCUT2D eigenvalue weighted by Crippen LogP contribution is 2.43. The van der Waals surface area contributed by atoms with Crippen molar-refractivity contribution in [2.24, 2.45) is 0 Å². The number of carbonyl (C=O) groups excluding carboxylic acids is 1. The van der Waals surface area contributed by atoms with E-state index in [0.29, 0.717) is 46.9 Å². The maximum absolute atomic E-state index is 12.3. The third-order valence-electron chi connectivity index (χ3n) is 4.52. The van der Waals surface area contributed by atoms with Crippen molar-refractivity contribution in [3.63, 3.8) is 0 Å². The predicted octanol–water partition coefficient (Wildman–Crippen LogP) is 4.14. The first-order valence-corrected chi connectivity index (χ1v) is 9.18. The number of cyclic esters (lactones) is 1. The zero-order chi connectivity index (χ0) is 20.1. The summed E-state index contributed by atoms with van der Waals surface area (Å²) in [6, 6.07) is 0. The lowest BCUT2D eigenvalue weighted by Gasteiger charge is -2.19. The highest BCUT2D eigenvalue weighted by atomic mass is 32.1. The number of carboxylic acid groups (broad SMARTS) is 1. The quantitative estimate of drug-likeness (QED) is 0.404. The molecule has 1 aromatic rings. The van der Waals surface area contributed by atoms with Crippen molar-refractivity contribution in [3.05, 3.63) is 33.9 Å². The van der Waals surface area contributed by atoms with Gasteiger partial charge in [-0.1, -0.05) is 18.6 Å². The number of hydrogen-bond acceptors (Lipinski definition) is 6. The number of carboxylic acids is 1. The monoisotopic (exact) mass is 392 g/mol. The minimum atomic E-state index is -0.839. The summed E-state index contributed by atoms with van der Waals surface area (Å²) in [5.41, 5.74) is 3.62. The van der Waals surface area contributed by atoms with Gasteiger partial charge in [-0.2, -0.15) is 0 Å². The Morgan fingerprint density at radius 1 is 1.33 bits per heavy atom. The molecular formula is C20H24O6S. The summed E-state index contributed by atoms with van der Waals surface area (Å²) in [5, 5.41) is 9.21. The number of rotatable bonds is 8. The van der Waals surface area contributed by atoms with Crippen molar-refractivity contribution in [1.29, 1.82) is 0 Å². The van der Waals surface area contributed by atoms with E-state index in [9.17, 15) is 9.59 Å². The summed E-state index contributed by atoms with van der Waals surface area (Å²) < 4.78 is 16.7. The van der Waals surface area contributed by atoms with Gasteiger partial charge in [0.05, 0.1) is 7.11 Å². The summed E-state index contributed by atoms with van der Waals surface area (Å²) in [6.45, 7) is 5.81. The van der Waals surface area contributed by atoms with Crippen LogP contribution in [0.2, 0.25) is 0 Å². The van der Waals surface area contributed by atoms with E-state index in [4.69, 9.17) is 31.5 Å². The van der Waals surface area contributed by atoms with E-state index in [1.165, 1.54) is 0 Å². The standard InChI is InChI=1S/C20H24O6S/c1-5-16(27)26-19-13(8-6-11(2)7-9-15(21)22)18(24-4)12(3)14-10-25-20(23)17(14)19/h6H,5,7-10H2,1-4H3,(H,21,22). The van der Waals surface area contributed by atoms with Crippen molar-refractivity contribution in [2.45, 2.75) is 53.1 Å². The summed E-state index contributed by atoms with van der Waals surface area (Å²) in [6.07, 6.45) is 3.40. The number of esters is 1. The second-order valence-corrected chi connectivity index (χ2v) is 6.83. The molecule has 6 nitrogen and oxygen atoms in total. The van der Waals surface area contributed by atoms with Gasteiger partial charge in [-0.05, 0) is 44.5 Å². The fourth-order valence-corrected chi connectivity index (χ4v) is 3.07. The highest BCUT2D eigenvalue weighted by molar-refractivity contribution is 7.80. The Kier molecular flexibility index (Phi) is 6.96. The molecule has 0 spiro atoms. The molecule has 0 aliphatic carbocycles. The van der Waals surface area contributed by atoms with Crippen LogP contribution in [0.5, 0.6) is 11.5 Å². The Morgan fingerprint density at radius 2 is 2.04 bits per heavy atom. The predicted molar refractivity (Wildman–Crippen MR) is 105 cm³/mol. The number of fused-ring (bicyclic) bond motifs is 1. The van der Waals surface area contributed by atoms with Crippen LogP contribution >= 0.6 is 12.2 Å². The van der Waals surface area contributed by atoms with Gasteiger partial charge in [0, 0.05) is 24.0 Å². The number of methoxy groups -OCH3 is 1. The van der Waals surface area contributed by atoms with Crippen molar-refractivity contribution in [1.82, 2.24) is 0 Å². The molecule has 1 aliphatic heterocycles. The maximum atomic E-state index is 12.3. The summed E-state index contributed by atoms with van der Waals surface area (Å²) >= 11 is 5.23. The van der Waals surface area contributed by atoms with Crippen LogP contribution < -0.4 is 9.47 Å². The molecule has 0 bridgehead atoms. The summed E-state index contributed by atoms with van der Waals surface area (Å²) in [5.74, 6) is -0.265. The SMILES string of the molecule is CCC(=S)Oc1c(CC=C(C)CCC(=O)O)c(OC)c(C)c2c1C(=O)OC2. The molecular weight excluding hydrogens is 368 g/mol. The lowest BCUT2D eigenvalue weighted by Crippen LogP contribution is -2.12. The van der Waals surface area contributed by atoms with Crippen molar-refractivity contribution in [2.75, 3.05) is 7.11 Å². The zero-order valence-electron chi connectivity index (χ0n) is 16.0. The normalized spacial score (nSPS) is 13.2. The molecule has 7 heteroatoms. The van der Waals surface area contributed by atoms with E-state index in [1.54, 1.807) is 7.11 Å². The van der Waals surface area contributed by atoms with Crippen molar-refractivity contribution < 1.29 is 28.9 Å². The average molecular weight is 392 g/mol. The molecule has 1 aliphatic rings. The molecule has 1 aromatic carbocycles. The van der Waals surface area contributed by atoms with Gasteiger partial charge in [-0.15, -0.1) is 0 Å². The number of carbonyl (C=O) groups is 2. The van der Waals surface area contributed by atoms with Crippen LogP contribution in [-0.4, -0.2) is 29.2 Å². The second kappa shape index (κ2) is 8.99. The molecule has 0 unspecified atom stereocenters. The average Bonchev–Trinajstić information content (AvgIpc) is 3.02. The van der Waals surface area contributed by atoms with Crippen LogP contribution in [0, 0.1) is 6.92 Å². The Morgan fingerprint density at radius 3 is 2.63 bits per heavy atom. The molecule has 0 amide bonds. The Balaban J connectivity index is 2.53. The van der Waals surface area contributed by atoms with Crippen LogP contribution in [0.25, 0.3) is 0 Å². The molecule has 1 heterocycles. The van der Waals surface area contributed by atoms with Crippen molar-refractivity contribution >= 4 is 29.2 Å². The zero-order valence-corrected chi connectivity index (χ0v) is 16.8. The lowest BCUT2D eigenvalue weighted by molar-refractivity contribution is -0.136. The molecule has 0 saturated carbocycles. The Bertz CT molecular complexity index is 809. The van der Waals surface area contributed by atoms with E-state index in [1.807, 2.05) is 26.8 Å². The second-order valence-electron chi connectivity index (χ2n) is 6.37. The van der Waals surface area contributed by atoms with Gasteiger partial charge >= 0.3 is 11.9 Å². The van der Waals surface area contributed by atoms with Crippen molar-refractivity contribution in [3.8, 4) is 11.5 Å². The molecule has 0 aromatic heterocycles. The molecule has 1 N–H and O–H groups in total. The van der Waals surface area contributed by atoms with E-state index < -0.39 is 11.9 Å². The van der Waals surface area contributed by atoms with Gasteiger partial charge in [0.15, 0.2) is 5.05 Å². The van der Waals surface area contributed by atoms with Gasteiger partial charge in [0.1, 0.15) is 23.7 Å². The number of allylic oxidation sites excluding steroid dienone is 2. The highest BCUT2D eigenvalue weighted by Gasteiger charge is 2.33. The van der Waals surface area contributed by atoms with E-state index in [0.717, 1.165) is 16.7 Å². The van der Waals surface area contributed by atoms with E-state index >= 15 is 0 Å². The Hall–Kier alpha value is -2.41. The van der Waals surface area contributed by atoms with E-state index in [-0.39, 0.29) is 13.0 Å². The first-order chi connectivity index (χ1) is 12.8. The molecule has 0 fully saturated rings. The minimum Gasteiger partial charge on any atom is -0.496 e. The summed E-state index contributed by atoms with van der Waals surface area (Å²) in [7, 11) is 1.57. The number of thiocarbonyl (C=S) groups is 1. The third-order valence-corrected chi connectivity index (χ3v) is 4.89. The van der Waals surface area contributed by atoms with Crippen LogP contribution in [-0.2, 0) is 22.6 Å². The summed E-state index contributed by atoms with van der Waals surface area (Å²) in [4.78, 5) is 23.1. The number of aliphatic carboxylic acids is 1. The topological polar surface area (TPSA) is 82.1 Å². The fraction of sp³-hybridized carbons (Fsp3) is 0.450. The van der Waals surface area contributed by atoms with Crippen LogP contribution in [0.15, 0.2) is 11.6 Å². The number of ether oxygens (including phenoxy) is 3. The largest absolute Gasteiger partial charge is 0.496 e. The molecule has 0 saturated heterocycles. The first kappa shape index (κ1) is 20.9.